The zero-order chi connectivity index (χ0) is 19.8. The highest BCUT2D eigenvalue weighted by Crippen LogP contribution is 2.36. The third-order valence-corrected chi connectivity index (χ3v) is 6.11. The highest BCUT2D eigenvalue weighted by atomic mass is 19.1. The van der Waals surface area contributed by atoms with E-state index in [-0.39, 0.29) is 5.82 Å². The number of nitrogens with zero attached hydrogens (tertiary/aromatic N) is 1. The van der Waals surface area contributed by atoms with E-state index in [1.807, 2.05) is 12.1 Å². The lowest BCUT2D eigenvalue weighted by Gasteiger charge is -2.34. The summed E-state index contributed by atoms with van der Waals surface area (Å²) in [6, 6.07) is 11.7. The molecule has 0 spiro atoms. The Balaban J connectivity index is 1.14. The average molecular weight is 395 g/mol. The van der Waals surface area contributed by atoms with Crippen LogP contribution >= 0.6 is 0 Å². The van der Waals surface area contributed by atoms with Crippen LogP contribution < -0.4 is 19.7 Å². The molecule has 5 rings (SSSR count). The van der Waals surface area contributed by atoms with Gasteiger partial charge in [0.1, 0.15) is 5.82 Å². The number of piperidine rings is 1. The standard InChI is InChI=1S/C23H26FN3O2/c1-15-19(20-4-2-16(24)12-21(20)26-15)6-9-25-17-7-10-27(11-8-17)18-3-5-22-23(13-18)29-14-28-22/h2-5,12-13,17,25-26H,6-11,14H2,1H3. The molecule has 2 aliphatic heterocycles. The molecule has 1 saturated heterocycles. The highest BCUT2D eigenvalue weighted by molar-refractivity contribution is 5.84. The van der Waals surface area contributed by atoms with Crippen molar-refractivity contribution in [2.45, 2.75) is 32.2 Å². The summed E-state index contributed by atoms with van der Waals surface area (Å²) < 4.78 is 24.3. The number of aryl methyl sites for hydroxylation is 1. The van der Waals surface area contributed by atoms with Crippen molar-refractivity contribution < 1.29 is 13.9 Å². The Morgan fingerprint density at radius 1 is 1.10 bits per heavy atom. The fourth-order valence-corrected chi connectivity index (χ4v) is 4.51. The third-order valence-electron chi connectivity index (χ3n) is 6.11. The number of anilines is 1. The molecular formula is C23H26FN3O2. The maximum atomic E-state index is 13.4. The fourth-order valence-electron chi connectivity index (χ4n) is 4.51. The summed E-state index contributed by atoms with van der Waals surface area (Å²) in [5, 5.41) is 4.85. The van der Waals surface area contributed by atoms with Gasteiger partial charge in [-0.05, 0) is 68.6 Å². The first-order valence-electron chi connectivity index (χ1n) is 10.3. The van der Waals surface area contributed by atoms with E-state index in [0.29, 0.717) is 12.8 Å². The molecule has 29 heavy (non-hydrogen) atoms. The van der Waals surface area contributed by atoms with Crippen molar-refractivity contribution in [3.05, 3.63) is 53.5 Å². The minimum absolute atomic E-state index is 0.197. The summed E-state index contributed by atoms with van der Waals surface area (Å²) in [5.41, 5.74) is 4.50. The number of benzene rings is 2. The molecular weight excluding hydrogens is 369 g/mol. The van der Waals surface area contributed by atoms with Gasteiger partial charge in [0.2, 0.25) is 6.79 Å². The van der Waals surface area contributed by atoms with E-state index in [2.05, 4.69) is 34.3 Å². The molecule has 0 aliphatic carbocycles. The first-order valence-corrected chi connectivity index (χ1v) is 10.3. The molecule has 3 aromatic rings. The second-order valence-electron chi connectivity index (χ2n) is 7.92. The molecule has 1 aromatic heterocycles. The van der Waals surface area contributed by atoms with Gasteiger partial charge in [-0.2, -0.15) is 0 Å². The number of hydrogen-bond acceptors (Lipinski definition) is 4. The summed E-state index contributed by atoms with van der Waals surface area (Å²) >= 11 is 0. The normalized spacial score (nSPS) is 16.7. The lowest BCUT2D eigenvalue weighted by atomic mass is 10.0. The molecule has 2 aromatic carbocycles. The summed E-state index contributed by atoms with van der Waals surface area (Å²) in [7, 11) is 0. The molecule has 6 heteroatoms. The first-order chi connectivity index (χ1) is 14.2. The van der Waals surface area contributed by atoms with E-state index in [0.717, 1.165) is 67.0 Å². The van der Waals surface area contributed by atoms with Gasteiger partial charge in [-0.3, -0.25) is 0 Å². The maximum absolute atomic E-state index is 13.4. The van der Waals surface area contributed by atoms with E-state index in [1.165, 1.54) is 11.3 Å². The Labute approximate surface area is 169 Å². The van der Waals surface area contributed by atoms with E-state index in [1.54, 1.807) is 12.1 Å². The zero-order valence-corrected chi connectivity index (χ0v) is 16.6. The Kier molecular flexibility index (Phi) is 4.79. The van der Waals surface area contributed by atoms with Crippen molar-refractivity contribution in [3.8, 4) is 11.5 Å². The molecule has 2 N–H and O–H groups in total. The van der Waals surface area contributed by atoms with E-state index in [4.69, 9.17) is 9.47 Å². The third kappa shape index (κ3) is 3.65. The van der Waals surface area contributed by atoms with E-state index >= 15 is 0 Å². The van der Waals surface area contributed by atoms with Gasteiger partial charge in [-0.1, -0.05) is 0 Å². The van der Waals surface area contributed by atoms with Crippen LogP contribution in [0.2, 0.25) is 0 Å². The number of fused-ring (bicyclic) bond motifs is 2. The summed E-state index contributed by atoms with van der Waals surface area (Å²) in [5.74, 6) is 1.48. The number of hydrogen-bond donors (Lipinski definition) is 2. The predicted molar refractivity (Wildman–Crippen MR) is 113 cm³/mol. The lowest BCUT2D eigenvalue weighted by molar-refractivity contribution is 0.174. The zero-order valence-electron chi connectivity index (χ0n) is 16.6. The number of nitrogens with one attached hydrogen (secondary N) is 2. The molecule has 0 radical (unpaired) electrons. The lowest BCUT2D eigenvalue weighted by Crippen LogP contribution is -2.43. The number of H-pyrrole nitrogens is 1. The van der Waals surface area contributed by atoms with Gasteiger partial charge >= 0.3 is 0 Å². The van der Waals surface area contributed by atoms with Crippen LogP contribution in [0, 0.1) is 12.7 Å². The van der Waals surface area contributed by atoms with Crippen LogP contribution in [0.15, 0.2) is 36.4 Å². The van der Waals surface area contributed by atoms with Crippen molar-refractivity contribution in [2.24, 2.45) is 0 Å². The van der Waals surface area contributed by atoms with Crippen LogP contribution in [0.4, 0.5) is 10.1 Å². The molecule has 1 fully saturated rings. The summed E-state index contributed by atoms with van der Waals surface area (Å²) in [4.78, 5) is 5.72. The van der Waals surface area contributed by atoms with Crippen LogP contribution in [0.3, 0.4) is 0 Å². The van der Waals surface area contributed by atoms with Crippen LogP contribution in [0.1, 0.15) is 24.1 Å². The molecule has 0 bridgehead atoms. The van der Waals surface area contributed by atoms with Crippen molar-refractivity contribution in [3.63, 3.8) is 0 Å². The van der Waals surface area contributed by atoms with Gasteiger partial charge in [0.25, 0.3) is 0 Å². The van der Waals surface area contributed by atoms with E-state index < -0.39 is 0 Å². The molecule has 0 atom stereocenters. The van der Waals surface area contributed by atoms with Gasteiger partial charge in [0, 0.05) is 47.5 Å². The Bertz CT molecular complexity index is 1020. The van der Waals surface area contributed by atoms with Gasteiger partial charge in [0.05, 0.1) is 0 Å². The SMILES string of the molecule is Cc1[nH]c2cc(F)ccc2c1CCNC1CCN(c2ccc3c(c2)OCO3)CC1. The minimum Gasteiger partial charge on any atom is -0.454 e. The van der Waals surface area contributed by atoms with E-state index in [9.17, 15) is 4.39 Å². The van der Waals surface area contributed by atoms with Crippen LogP contribution in [0.25, 0.3) is 10.9 Å². The molecule has 0 amide bonds. The second-order valence-corrected chi connectivity index (χ2v) is 7.92. The topological polar surface area (TPSA) is 49.5 Å². The Morgan fingerprint density at radius 3 is 2.79 bits per heavy atom. The molecule has 0 unspecified atom stereocenters. The number of aromatic amines is 1. The Hall–Kier alpha value is -2.73. The quantitative estimate of drug-likeness (QED) is 0.682. The van der Waals surface area contributed by atoms with Crippen molar-refractivity contribution >= 4 is 16.6 Å². The highest BCUT2D eigenvalue weighted by Gasteiger charge is 2.21. The summed E-state index contributed by atoms with van der Waals surface area (Å²) in [6.45, 7) is 5.37. The smallest absolute Gasteiger partial charge is 0.231 e. The molecule has 0 saturated carbocycles. The molecule has 5 nitrogen and oxygen atoms in total. The van der Waals surface area contributed by atoms with Crippen molar-refractivity contribution in [1.82, 2.24) is 10.3 Å². The average Bonchev–Trinajstić information content (AvgIpc) is 3.31. The van der Waals surface area contributed by atoms with Crippen molar-refractivity contribution in [1.29, 1.82) is 0 Å². The van der Waals surface area contributed by atoms with Gasteiger partial charge in [0.15, 0.2) is 11.5 Å². The van der Waals surface area contributed by atoms with Crippen LogP contribution in [-0.4, -0.2) is 37.5 Å². The minimum atomic E-state index is -0.197. The molecule has 152 valence electrons. The fraction of sp³-hybridized carbons (Fsp3) is 0.391. The summed E-state index contributed by atoms with van der Waals surface area (Å²) in [6.07, 6.45) is 3.18. The van der Waals surface area contributed by atoms with Gasteiger partial charge in [-0.25, -0.2) is 4.39 Å². The van der Waals surface area contributed by atoms with Gasteiger partial charge < -0.3 is 24.7 Å². The largest absolute Gasteiger partial charge is 0.454 e. The number of aromatic nitrogens is 1. The number of halogens is 1. The van der Waals surface area contributed by atoms with Crippen LogP contribution in [0.5, 0.6) is 11.5 Å². The van der Waals surface area contributed by atoms with Gasteiger partial charge in [-0.15, -0.1) is 0 Å². The molecule has 2 aliphatic rings. The number of rotatable bonds is 5. The van der Waals surface area contributed by atoms with Crippen molar-refractivity contribution in [2.75, 3.05) is 31.3 Å². The Morgan fingerprint density at radius 2 is 1.93 bits per heavy atom. The predicted octanol–water partition coefficient (Wildman–Crippen LogP) is 4.15. The first kappa shape index (κ1) is 18.3. The number of ether oxygens (including phenoxy) is 2. The monoisotopic (exact) mass is 395 g/mol. The van der Waals surface area contributed by atoms with Crippen LogP contribution in [-0.2, 0) is 6.42 Å². The second kappa shape index (κ2) is 7.59. The molecule has 3 heterocycles. The maximum Gasteiger partial charge on any atom is 0.231 e.